The van der Waals surface area contributed by atoms with Crippen molar-refractivity contribution >= 4 is 46.5 Å². The van der Waals surface area contributed by atoms with Gasteiger partial charge in [0.2, 0.25) is 0 Å². The third kappa shape index (κ3) is 5.86. The number of nitrogens with one attached hydrogen (secondary N) is 1. The van der Waals surface area contributed by atoms with E-state index in [0.29, 0.717) is 16.3 Å². The number of ether oxygens (including phenoxy) is 1. The summed E-state index contributed by atoms with van der Waals surface area (Å²) in [6, 6.07) is 13.3. The maximum atomic E-state index is 12.1. The van der Waals surface area contributed by atoms with Gasteiger partial charge >= 0.3 is 5.97 Å². The van der Waals surface area contributed by atoms with E-state index in [1.807, 2.05) is 0 Å². The highest BCUT2D eigenvalue weighted by molar-refractivity contribution is 6.36. The number of halogens is 2. The van der Waals surface area contributed by atoms with Crippen molar-refractivity contribution in [3.05, 3.63) is 64.1 Å². The van der Waals surface area contributed by atoms with Crippen LogP contribution in [0.5, 0.6) is 0 Å². The maximum Gasteiger partial charge on any atom is 0.307 e. The van der Waals surface area contributed by atoms with E-state index in [-0.39, 0.29) is 23.6 Å². The van der Waals surface area contributed by atoms with Crippen molar-refractivity contribution in [3.63, 3.8) is 0 Å². The van der Waals surface area contributed by atoms with E-state index in [1.54, 1.807) is 42.5 Å². The van der Waals surface area contributed by atoms with Crippen molar-refractivity contribution in [2.75, 3.05) is 5.32 Å². The normalized spacial score (nSPS) is 11.5. The van der Waals surface area contributed by atoms with Crippen LogP contribution in [0.3, 0.4) is 0 Å². The second-order valence-electron chi connectivity index (χ2n) is 5.53. The number of amides is 1. The number of ketones is 1. The summed E-state index contributed by atoms with van der Waals surface area (Å²) >= 11 is 11.8. The molecule has 26 heavy (non-hydrogen) atoms. The number of carbonyl (C=O) groups excluding carboxylic acids is 3. The van der Waals surface area contributed by atoms with Crippen LogP contribution in [0.1, 0.15) is 30.1 Å². The molecule has 0 aliphatic heterocycles. The SMILES string of the molecule is C[C@@H](OC(=O)CCC(=O)c1ccccc1)C(=O)Nc1ccc(Cl)cc1Cl. The molecule has 0 spiro atoms. The van der Waals surface area contributed by atoms with Gasteiger partial charge in [-0.05, 0) is 25.1 Å². The lowest BCUT2D eigenvalue weighted by Crippen LogP contribution is -2.30. The van der Waals surface area contributed by atoms with E-state index < -0.39 is 18.0 Å². The molecule has 0 bridgehead atoms. The molecule has 1 N–H and O–H groups in total. The van der Waals surface area contributed by atoms with Crippen LogP contribution in [0, 0.1) is 0 Å². The van der Waals surface area contributed by atoms with E-state index >= 15 is 0 Å². The lowest BCUT2D eigenvalue weighted by Gasteiger charge is -2.14. The van der Waals surface area contributed by atoms with Gasteiger partial charge < -0.3 is 10.1 Å². The fourth-order valence-corrected chi connectivity index (χ4v) is 2.57. The van der Waals surface area contributed by atoms with Crippen LogP contribution >= 0.6 is 23.2 Å². The van der Waals surface area contributed by atoms with E-state index in [4.69, 9.17) is 27.9 Å². The molecular formula is C19H17Cl2NO4. The van der Waals surface area contributed by atoms with Gasteiger partial charge in [-0.2, -0.15) is 0 Å². The molecule has 5 nitrogen and oxygen atoms in total. The number of carbonyl (C=O) groups is 3. The molecule has 2 aromatic rings. The molecule has 0 unspecified atom stereocenters. The molecule has 1 atom stereocenters. The summed E-state index contributed by atoms with van der Waals surface area (Å²) in [6.45, 7) is 1.44. The number of hydrogen-bond acceptors (Lipinski definition) is 4. The van der Waals surface area contributed by atoms with Crippen LogP contribution in [0.15, 0.2) is 48.5 Å². The highest BCUT2D eigenvalue weighted by Gasteiger charge is 2.19. The standard InChI is InChI=1S/C19H17Cl2NO4/c1-12(19(25)22-16-8-7-14(20)11-15(16)21)26-18(24)10-9-17(23)13-5-3-2-4-6-13/h2-8,11-12H,9-10H2,1H3,(H,22,25)/t12-/m1/s1. The quantitative estimate of drug-likeness (QED) is 0.553. The summed E-state index contributed by atoms with van der Waals surface area (Å²) in [5, 5.41) is 3.28. The number of hydrogen-bond donors (Lipinski definition) is 1. The highest BCUT2D eigenvalue weighted by Crippen LogP contribution is 2.25. The molecule has 7 heteroatoms. The Bertz CT molecular complexity index is 808. The van der Waals surface area contributed by atoms with E-state index in [0.717, 1.165) is 0 Å². The maximum absolute atomic E-state index is 12.1. The summed E-state index contributed by atoms with van der Waals surface area (Å²) in [4.78, 5) is 35.9. The number of esters is 1. The lowest BCUT2D eigenvalue weighted by molar-refractivity contribution is -0.153. The Morgan fingerprint density at radius 2 is 1.73 bits per heavy atom. The number of Topliss-reactive ketones (excluding diaryl/α,β-unsaturated/α-hetero) is 1. The average molecular weight is 394 g/mol. The summed E-state index contributed by atoms with van der Waals surface area (Å²) in [6.07, 6.45) is -1.12. The Balaban J connectivity index is 1.82. The zero-order valence-corrected chi connectivity index (χ0v) is 15.5. The van der Waals surface area contributed by atoms with E-state index in [1.165, 1.54) is 13.0 Å². The third-order valence-electron chi connectivity index (χ3n) is 3.52. The Labute approximate surface area is 161 Å². The van der Waals surface area contributed by atoms with Gasteiger partial charge in [0, 0.05) is 17.0 Å². The van der Waals surface area contributed by atoms with Crippen LogP contribution in [-0.4, -0.2) is 23.8 Å². The van der Waals surface area contributed by atoms with Gasteiger partial charge in [0.15, 0.2) is 11.9 Å². The topological polar surface area (TPSA) is 72.5 Å². The lowest BCUT2D eigenvalue weighted by atomic mass is 10.1. The smallest absolute Gasteiger partial charge is 0.307 e. The minimum absolute atomic E-state index is 0.0141. The van der Waals surface area contributed by atoms with Gasteiger partial charge in [-0.3, -0.25) is 14.4 Å². The number of anilines is 1. The van der Waals surface area contributed by atoms with Crippen molar-refractivity contribution in [2.45, 2.75) is 25.9 Å². The summed E-state index contributed by atoms with van der Waals surface area (Å²) in [5.41, 5.74) is 0.895. The highest BCUT2D eigenvalue weighted by atomic mass is 35.5. The van der Waals surface area contributed by atoms with E-state index in [9.17, 15) is 14.4 Å². The van der Waals surface area contributed by atoms with Crippen molar-refractivity contribution in [3.8, 4) is 0 Å². The Hall–Kier alpha value is -2.37. The Morgan fingerprint density at radius 3 is 2.38 bits per heavy atom. The molecule has 0 radical (unpaired) electrons. The summed E-state index contributed by atoms with van der Waals surface area (Å²) < 4.78 is 5.06. The van der Waals surface area contributed by atoms with Gasteiger partial charge in [0.05, 0.1) is 17.1 Å². The predicted molar refractivity (Wildman–Crippen MR) is 101 cm³/mol. The average Bonchev–Trinajstić information content (AvgIpc) is 2.62. The van der Waals surface area contributed by atoms with Crippen molar-refractivity contribution in [1.29, 1.82) is 0 Å². The number of rotatable bonds is 7. The molecule has 2 rings (SSSR count). The Kier molecular flexibility index (Phi) is 7.18. The first-order valence-electron chi connectivity index (χ1n) is 7.90. The molecule has 0 saturated heterocycles. The van der Waals surface area contributed by atoms with E-state index in [2.05, 4.69) is 5.32 Å². The number of benzene rings is 2. The molecular weight excluding hydrogens is 377 g/mol. The van der Waals surface area contributed by atoms with Crippen molar-refractivity contribution < 1.29 is 19.1 Å². The fraction of sp³-hybridized carbons (Fsp3) is 0.211. The van der Waals surface area contributed by atoms with Gasteiger partial charge in [-0.25, -0.2) is 0 Å². The van der Waals surface area contributed by atoms with Gasteiger partial charge in [-0.1, -0.05) is 53.5 Å². The van der Waals surface area contributed by atoms with Gasteiger partial charge in [0.25, 0.3) is 5.91 Å². The van der Waals surface area contributed by atoms with Crippen molar-refractivity contribution in [1.82, 2.24) is 0 Å². The first-order chi connectivity index (χ1) is 12.4. The van der Waals surface area contributed by atoms with Crippen LogP contribution in [0.4, 0.5) is 5.69 Å². The zero-order chi connectivity index (χ0) is 19.1. The Morgan fingerprint density at radius 1 is 1.04 bits per heavy atom. The first kappa shape index (κ1) is 19.9. The second-order valence-corrected chi connectivity index (χ2v) is 6.38. The summed E-state index contributed by atoms with van der Waals surface area (Å²) in [7, 11) is 0. The molecule has 0 heterocycles. The van der Waals surface area contributed by atoms with Crippen LogP contribution in [-0.2, 0) is 14.3 Å². The molecule has 0 aliphatic rings. The summed E-state index contributed by atoms with van der Waals surface area (Å²) in [5.74, 6) is -1.32. The molecule has 136 valence electrons. The van der Waals surface area contributed by atoms with Crippen LogP contribution < -0.4 is 5.32 Å². The van der Waals surface area contributed by atoms with Gasteiger partial charge in [0.1, 0.15) is 0 Å². The minimum Gasteiger partial charge on any atom is -0.453 e. The molecule has 0 saturated carbocycles. The minimum atomic E-state index is -1.03. The molecule has 1 amide bonds. The van der Waals surface area contributed by atoms with Gasteiger partial charge in [-0.15, -0.1) is 0 Å². The van der Waals surface area contributed by atoms with Crippen LogP contribution in [0.2, 0.25) is 10.0 Å². The molecule has 0 fully saturated rings. The second kappa shape index (κ2) is 9.36. The molecule has 0 aromatic heterocycles. The van der Waals surface area contributed by atoms with Crippen LogP contribution in [0.25, 0.3) is 0 Å². The molecule has 2 aromatic carbocycles. The third-order valence-corrected chi connectivity index (χ3v) is 4.07. The first-order valence-corrected chi connectivity index (χ1v) is 8.66. The molecule has 0 aliphatic carbocycles. The zero-order valence-electron chi connectivity index (χ0n) is 14.0. The monoisotopic (exact) mass is 393 g/mol. The van der Waals surface area contributed by atoms with Crippen molar-refractivity contribution in [2.24, 2.45) is 0 Å². The largest absolute Gasteiger partial charge is 0.453 e. The fourth-order valence-electron chi connectivity index (χ4n) is 2.12. The predicted octanol–water partition coefficient (Wildman–Crippen LogP) is 4.53.